The molecule has 0 aliphatic heterocycles. The Morgan fingerprint density at radius 3 is 1.94 bits per heavy atom. The van der Waals surface area contributed by atoms with E-state index in [-0.39, 0.29) is 0 Å². The molecule has 5 N–H and O–H groups in total. The summed E-state index contributed by atoms with van der Waals surface area (Å²) in [6, 6.07) is 0. The molecular weight excluding hydrogens is 288 g/mol. The minimum atomic E-state index is -2.00. The third kappa shape index (κ3) is 4.64. The van der Waals surface area contributed by atoms with Crippen molar-refractivity contribution in [3.63, 3.8) is 0 Å². The van der Waals surface area contributed by atoms with Gasteiger partial charge in [-0.15, -0.1) is 0 Å². The fourth-order valence-corrected chi connectivity index (χ4v) is 1.23. The van der Waals surface area contributed by atoms with Gasteiger partial charge in [-0.2, -0.15) is 0 Å². The highest BCUT2D eigenvalue weighted by molar-refractivity contribution is 9.18. The predicted molar refractivity (Wildman–Crippen MR) is 54.7 cm³/mol. The summed E-state index contributed by atoms with van der Waals surface area (Å²) < 4.78 is -0.680. The highest BCUT2D eigenvalue weighted by Gasteiger charge is 2.34. The fraction of sp³-hybridized carbons (Fsp3) is 0.750. The van der Waals surface area contributed by atoms with Gasteiger partial charge in [-0.05, 0) is 15.9 Å². The lowest BCUT2D eigenvalue weighted by molar-refractivity contribution is -0.147. The largest absolute Gasteiger partial charge is 0.394 e. The lowest BCUT2D eigenvalue weighted by Gasteiger charge is -2.24. The topological polar surface area (TPSA) is 135 Å². The average molecular weight is 301 g/mol. The Labute approximate surface area is 99.5 Å². The summed E-state index contributed by atoms with van der Waals surface area (Å²) in [5.74, 6) is -1.00. The highest BCUT2D eigenvalue weighted by Crippen LogP contribution is 2.08. The van der Waals surface area contributed by atoms with Crippen LogP contribution in [0, 0.1) is 0 Å². The lowest BCUT2D eigenvalue weighted by atomic mass is 9.99. The molecule has 0 amide bonds. The van der Waals surface area contributed by atoms with E-state index in [4.69, 9.17) is 10.2 Å². The van der Waals surface area contributed by atoms with Crippen molar-refractivity contribution in [2.24, 2.45) is 0 Å². The van der Waals surface area contributed by atoms with E-state index in [1.54, 1.807) is 0 Å². The summed E-state index contributed by atoms with van der Waals surface area (Å²) in [5.41, 5.74) is 0. The van der Waals surface area contributed by atoms with Gasteiger partial charge in [0.2, 0.25) is 4.69 Å². The second kappa shape index (κ2) is 7.05. The number of Topliss-reactive ketones (excluding diaryl/α,β-unsaturated/α-hetero) is 1. The maximum Gasteiger partial charge on any atom is 0.205 e. The zero-order valence-corrected chi connectivity index (χ0v) is 9.74. The molecule has 0 rings (SSSR count). The van der Waals surface area contributed by atoms with E-state index in [2.05, 4.69) is 15.9 Å². The predicted octanol–water partition coefficient (Wildman–Crippen LogP) is -2.70. The monoisotopic (exact) mass is 300 g/mol. The lowest BCUT2D eigenvalue weighted by Crippen LogP contribution is -2.48. The molecule has 0 aliphatic carbocycles. The summed E-state index contributed by atoms with van der Waals surface area (Å²) in [6.07, 6.45) is -8.19. The Morgan fingerprint density at radius 2 is 1.56 bits per heavy atom. The van der Waals surface area contributed by atoms with E-state index in [1.165, 1.54) is 0 Å². The molecule has 0 bridgehead atoms. The van der Waals surface area contributed by atoms with Crippen LogP contribution in [0.3, 0.4) is 0 Å². The van der Waals surface area contributed by atoms with Crippen LogP contribution in [0.2, 0.25) is 0 Å². The van der Waals surface area contributed by atoms with Crippen LogP contribution in [0.1, 0.15) is 6.42 Å². The van der Waals surface area contributed by atoms with Crippen molar-refractivity contribution in [3.05, 3.63) is 0 Å². The maximum absolute atomic E-state index is 11.1. The molecule has 0 aliphatic rings. The molecule has 8 heteroatoms. The third-order valence-electron chi connectivity index (χ3n) is 1.90. The van der Waals surface area contributed by atoms with Crippen molar-refractivity contribution in [2.75, 3.05) is 6.61 Å². The molecule has 0 aromatic rings. The molecular formula is C8H13BrO7. The van der Waals surface area contributed by atoms with Gasteiger partial charge in [0.1, 0.15) is 24.4 Å². The Bertz CT molecular complexity index is 257. The molecule has 16 heavy (non-hydrogen) atoms. The number of rotatable bonds is 7. The number of aliphatic hydroxyl groups excluding tert-OH is 5. The first-order chi connectivity index (χ1) is 7.31. The molecule has 94 valence electrons. The van der Waals surface area contributed by atoms with Crippen LogP contribution >= 0.6 is 15.9 Å². The summed E-state index contributed by atoms with van der Waals surface area (Å²) in [5, 5.41) is 45.1. The minimum Gasteiger partial charge on any atom is -0.394 e. The average Bonchev–Trinajstić information content (AvgIpc) is 2.23. The molecule has 0 unspecified atom stereocenters. The standard InChI is InChI=1S/C8H13BrO7/c9-5(13)1-3(11)6(14)8(16)7(15)4(12)2-10/h4,6-8,10,12,14-16H,1-2H2/t4-,6+,7-,8-/m1/s1. The van der Waals surface area contributed by atoms with Gasteiger partial charge in [-0.1, -0.05) is 0 Å². The molecule has 0 fully saturated rings. The van der Waals surface area contributed by atoms with Crippen LogP contribution in [-0.4, -0.2) is 67.0 Å². The van der Waals surface area contributed by atoms with Crippen LogP contribution < -0.4 is 0 Å². The first-order valence-electron chi connectivity index (χ1n) is 4.35. The zero-order valence-electron chi connectivity index (χ0n) is 8.15. The van der Waals surface area contributed by atoms with Crippen molar-refractivity contribution in [1.29, 1.82) is 0 Å². The molecule has 7 nitrogen and oxygen atoms in total. The number of aliphatic hydroxyl groups is 5. The summed E-state index contributed by atoms with van der Waals surface area (Å²) in [6.45, 7) is -0.837. The van der Waals surface area contributed by atoms with Gasteiger partial charge in [-0.25, -0.2) is 0 Å². The van der Waals surface area contributed by atoms with E-state index in [0.29, 0.717) is 0 Å². The Morgan fingerprint density at radius 1 is 1.06 bits per heavy atom. The van der Waals surface area contributed by atoms with Crippen LogP contribution in [0.15, 0.2) is 0 Å². The first kappa shape index (κ1) is 15.6. The van der Waals surface area contributed by atoms with Crippen LogP contribution in [0.4, 0.5) is 0 Å². The number of carbonyl (C=O) groups excluding carboxylic acids is 2. The quantitative estimate of drug-likeness (QED) is 0.255. The summed E-state index contributed by atoms with van der Waals surface area (Å²) in [7, 11) is 0. The number of hydrogen-bond acceptors (Lipinski definition) is 7. The third-order valence-corrected chi connectivity index (χ3v) is 2.18. The molecule has 0 aromatic carbocycles. The fourth-order valence-electron chi connectivity index (χ4n) is 0.954. The second-order valence-corrected chi connectivity index (χ2v) is 4.06. The van der Waals surface area contributed by atoms with Gasteiger partial charge in [0, 0.05) is 0 Å². The maximum atomic E-state index is 11.1. The number of hydrogen-bond donors (Lipinski definition) is 5. The summed E-state index contributed by atoms with van der Waals surface area (Å²) >= 11 is 2.47. The molecule has 0 saturated carbocycles. The first-order valence-corrected chi connectivity index (χ1v) is 5.14. The van der Waals surface area contributed by atoms with Crippen LogP contribution in [0.5, 0.6) is 0 Å². The van der Waals surface area contributed by atoms with Crippen molar-refractivity contribution >= 4 is 26.4 Å². The van der Waals surface area contributed by atoms with E-state index >= 15 is 0 Å². The zero-order chi connectivity index (χ0) is 12.9. The van der Waals surface area contributed by atoms with Crippen LogP contribution in [0.25, 0.3) is 0 Å². The van der Waals surface area contributed by atoms with Crippen molar-refractivity contribution in [2.45, 2.75) is 30.8 Å². The molecule has 0 heterocycles. The Hall–Kier alpha value is -0.380. The smallest absolute Gasteiger partial charge is 0.205 e. The van der Waals surface area contributed by atoms with Gasteiger partial charge < -0.3 is 25.5 Å². The van der Waals surface area contributed by atoms with E-state index < -0.39 is 47.9 Å². The number of ketones is 1. The molecule has 0 aromatic heterocycles. The van der Waals surface area contributed by atoms with E-state index in [1.807, 2.05) is 0 Å². The Balaban J connectivity index is 4.42. The molecule has 0 saturated heterocycles. The van der Waals surface area contributed by atoms with Crippen molar-refractivity contribution in [1.82, 2.24) is 0 Å². The SMILES string of the molecule is O=C(Br)CC(=O)[C@H](O)[C@@H](O)[C@H](O)[C@H](O)CO. The molecule has 4 atom stereocenters. The minimum absolute atomic E-state index is 0.653. The van der Waals surface area contributed by atoms with Gasteiger partial charge in [0.25, 0.3) is 0 Å². The number of carbonyl (C=O) groups is 2. The molecule has 0 radical (unpaired) electrons. The summed E-state index contributed by atoms with van der Waals surface area (Å²) in [4.78, 5) is 21.6. The van der Waals surface area contributed by atoms with Gasteiger partial charge in [-0.3, -0.25) is 9.59 Å². The molecule has 0 spiro atoms. The van der Waals surface area contributed by atoms with E-state index in [0.717, 1.165) is 0 Å². The highest BCUT2D eigenvalue weighted by atomic mass is 79.9. The van der Waals surface area contributed by atoms with Crippen molar-refractivity contribution < 1.29 is 35.1 Å². The van der Waals surface area contributed by atoms with Gasteiger partial charge >= 0.3 is 0 Å². The van der Waals surface area contributed by atoms with Gasteiger partial charge in [0.15, 0.2) is 5.78 Å². The number of halogens is 1. The van der Waals surface area contributed by atoms with Gasteiger partial charge in [0.05, 0.1) is 13.0 Å². The Kier molecular flexibility index (Phi) is 6.88. The van der Waals surface area contributed by atoms with Crippen LogP contribution in [-0.2, 0) is 9.59 Å². The normalized spacial score (nSPS) is 18.6. The second-order valence-electron chi connectivity index (χ2n) is 3.17. The van der Waals surface area contributed by atoms with E-state index in [9.17, 15) is 24.9 Å². The van der Waals surface area contributed by atoms with Crippen molar-refractivity contribution in [3.8, 4) is 0 Å².